The van der Waals surface area contributed by atoms with E-state index in [-0.39, 0.29) is 17.4 Å². The first kappa shape index (κ1) is 15.9. The lowest BCUT2D eigenvalue weighted by atomic mass is 10.3. The van der Waals surface area contributed by atoms with E-state index < -0.39 is 0 Å². The highest BCUT2D eigenvalue weighted by Gasteiger charge is 2.09. The summed E-state index contributed by atoms with van der Waals surface area (Å²) in [6, 6.07) is 14.1. The number of halogens is 2. The fraction of sp³-hybridized carbons (Fsp3) is 0. The third-order valence-electron chi connectivity index (χ3n) is 3.10. The molecule has 7 heteroatoms. The van der Waals surface area contributed by atoms with E-state index in [1.54, 1.807) is 36.4 Å². The lowest BCUT2D eigenvalue weighted by Gasteiger charge is -2.08. The molecule has 120 valence electrons. The third-order valence-corrected chi connectivity index (χ3v) is 3.35. The number of nitrogens with zero attached hydrogens (tertiary/aromatic N) is 2. The van der Waals surface area contributed by atoms with Crippen LogP contribution in [0, 0.1) is 5.82 Å². The highest BCUT2D eigenvalue weighted by Crippen LogP contribution is 2.17. The second-order valence-corrected chi connectivity index (χ2v) is 5.32. The number of aromatic nitrogens is 2. The Labute approximate surface area is 142 Å². The van der Waals surface area contributed by atoms with E-state index in [1.807, 2.05) is 0 Å². The highest BCUT2D eigenvalue weighted by atomic mass is 35.5. The number of nitrogens with one attached hydrogen (secondary N) is 2. The Balaban J connectivity index is 1.74. The second-order valence-electron chi connectivity index (χ2n) is 4.88. The van der Waals surface area contributed by atoms with Crippen LogP contribution in [0.2, 0.25) is 5.02 Å². The Kier molecular flexibility index (Phi) is 4.67. The summed E-state index contributed by atoms with van der Waals surface area (Å²) in [6.07, 6.45) is 1.26. The van der Waals surface area contributed by atoms with Crippen molar-refractivity contribution in [2.45, 2.75) is 0 Å². The van der Waals surface area contributed by atoms with Crippen LogP contribution in [-0.4, -0.2) is 15.9 Å². The number of anilines is 3. The number of carbonyl (C=O) groups excluding carboxylic acids is 1. The quantitative estimate of drug-likeness (QED) is 0.743. The SMILES string of the molecule is O=C(Nc1ccc(Cl)cc1)c1cc(Nc2cccc(F)c2)ncn1. The molecular weight excluding hydrogens is 331 g/mol. The number of benzene rings is 2. The molecule has 0 aliphatic carbocycles. The molecule has 0 atom stereocenters. The molecule has 0 aliphatic rings. The summed E-state index contributed by atoms with van der Waals surface area (Å²) in [7, 11) is 0. The van der Waals surface area contributed by atoms with E-state index in [0.717, 1.165) is 0 Å². The minimum Gasteiger partial charge on any atom is -0.340 e. The fourth-order valence-electron chi connectivity index (χ4n) is 1.99. The topological polar surface area (TPSA) is 66.9 Å². The van der Waals surface area contributed by atoms with Gasteiger partial charge in [0.25, 0.3) is 5.91 Å². The number of carbonyl (C=O) groups is 1. The van der Waals surface area contributed by atoms with Crippen molar-refractivity contribution in [3.63, 3.8) is 0 Å². The molecule has 0 bridgehead atoms. The van der Waals surface area contributed by atoms with Crippen molar-refractivity contribution in [2.24, 2.45) is 0 Å². The predicted molar refractivity (Wildman–Crippen MR) is 91.1 cm³/mol. The van der Waals surface area contributed by atoms with Gasteiger partial charge >= 0.3 is 0 Å². The lowest BCUT2D eigenvalue weighted by molar-refractivity contribution is 0.102. The molecule has 24 heavy (non-hydrogen) atoms. The van der Waals surface area contributed by atoms with Crippen LogP contribution < -0.4 is 10.6 Å². The molecule has 1 aromatic heterocycles. The second kappa shape index (κ2) is 7.06. The molecule has 3 rings (SSSR count). The summed E-state index contributed by atoms with van der Waals surface area (Å²) in [4.78, 5) is 20.2. The van der Waals surface area contributed by atoms with Crippen LogP contribution >= 0.6 is 11.6 Å². The molecule has 3 aromatic rings. The number of hydrogen-bond donors (Lipinski definition) is 2. The molecule has 5 nitrogen and oxygen atoms in total. The number of rotatable bonds is 4. The molecule has 2 aromatic carbocycles. The molecule has 0 unspecified atom stereocenters. The molecule has 1 heterocycles. The van der Waals surface area contributed by atoms with E-state index in [2.05, 4.69) is 20.6 Å². The maximum Gasteiger partial charge on any atom is 0.274 e. The Morgan fingerprint density at radius 1 is 1.00 bits per heavy atom. The van der Waals surface area contributed by atoms with Gasteiger partial charge in [0.2, 0.25) is 0 Å². The summed E-state index contributed by atoms with van der Waals surface area (Å²) < 4.78 is 13.2. The Hall–Kier alpha value is -2.99. The molecule has 1 amide bonds. The Morgan fingerprint density at radius 3 is 2.54 bits per heavy atom. The van der Waals surface area contributed by atoms with E-state index in [9.17, 15) is 9.18 Å². The third kappa shape index (κ3) is 4.05. The minimum absolute atomic E-state index is 0.179. The summed E-state index contributed by atoms with van der Waals surface area (Å²) in [6.45, 7) is 0. The zero-order chi connectivity index (χ0) is 16.9. The monoisotopic (exact) mass is 342 g/mol. The van der Waals surface area contributed by atoms with Gasteiger partial charge in [-0.2, -0.15) is 0 Å². The summed E-state index contributed by atoms with van der Waals surface area (Å²) in [5.74, 6) is -0.367. The van der Waals surface area contributed by atoms with Crippen LogP contribution in [0.15, 0.2) is 60.9 Å². The molecule has 0 spiro atoms. The van der Waals surface area contributed by atoms with E-state index in [1.165, 1.54) is 24.5 Å². The van der Waals surface area contributed by atoms with Gasteiger partial charge in [-0.3, -0.25) is 4.79 Å². The van der Waals surface area contributed by atoms with Crippen LogP contribution in [0.5, 0.6) is 0 Å². The average molecular weight is 343 g/mol. The van der Waals surface area contributed by atoms with Gasteiger partial charge in [-0.15, -0.1) is 0 Å². The molecule has 2 N–H and O–H groups in total. The fourth-order valence-corrected chi connectivity index (χ4v) is 2.12. The van der Waals surface area contributed by atoms with Crippen molar-refractivity contribution in [2.75, 3.05) is 10.6 Å². The van der Waals surface area contributed by atoms with Gasteiger partial charge in [0.05, 0.1) is 0 Å². The molecular formula is C17H12ClFN4O. The van der Waals surface area contributed by atoms with Gasteiger partial charge in [0, 0.05) is 22.5 Å². The van der Waals surface area contributed by atoms with Crippen molar-refractivity contribution in [1.82, 2.24) is 9.97 Å². The van der Waals surface area contributed by atoms with E-state index >= 15 is 0 Å². The first-order valence-electron chi connectivity index (χ1n) is 7.02. The van der Waals surface area contributed by atoms with Crippen molar-refractivity contribution >= 4 is 34.7 Å². The van der Waals surface area contributed by atoms with Crippen LogP contribution in [0.3, 0.4) is 0 Å². The normalized spacial score (nSPS) is 10.2. The van der Waals surface area contributed by atoms with Crippen molar-refractivity contribution in [3.05, 3.63) is 77.5 Å². The lowest BCUT2D eigenvalue weighted by Crippen LogP contribution is -2.14. The van der Waals surface area contributed by atoms with Gasteiger partial charge < -0.3 is 10.6 Å². The standard InChI is InChI=1S/C17H12ClFN4O/c18-11-4-6-13(7-5-11)23-17(24)15-9-16(21-10-20-15)22-14-3-1-2-12(19)8-14/h1-10H,(H,23,24)(H,20,21,22). The summed E-state index contributed by atoms with van der Waals surface area (Å²) in [5.41, 5.74) is 1.30. The van der Waals surface area contributed by atoms with Crippen LogP contribution in [0.1, 0.15) is 10.5 Å². The van der Waals surface area contributed by atoms with Gasteiger partial charge in [-0.25, -0.2) is 14.4 Å². The maximum atomic E-state index is 13.2. The smallest absolute Gasteiger partial charge is 0.274 e. The van der Waals surface area contributed by atoms with Gasteiger partial charge in [0.1, 0.15) is 23.7 Å². The summed E-state index contributed by atoms with van der Waals surface area (Å²) >= 11 is 5.81. The first-order chi connectivity index (χ1) is 11.6. The molecule has 0 saturated heterocycles. The van der Waals surface area contributed by atoms with Crippen LogP contribution in [-0.2, 0) is 0 Å². The Morgan fingerprint density at radius 2 is 1.79 bits per heavy atom. The molecule has 0 radical (unpaired) electrons. The van der Waals surface area contributed by atoms with E-state index in [4.69, 9.17) is 11.6 Å². The zero-order valence-corrected chi connectivity index (χ0v) is 13.1. The average Bonchev–Trinajstić information content (AvgIpc) is 2.57. The van der Waals surface area contributed by atoms with Crippen LogP contribution in [0.4, 0.5) is 21.6 Å². The van der Waals surface area contributed by atoms with Gasteiger partial charge in [0.15, 0.2) is 0 Å². The minimum atomic E-state index is -0.387. The number of hydrogen-bond acceptors (Lipinski definition) is 4. The first-order valence-corrected chi connectivity index (χ1v) is 7.39. The van der Waals surface area contributed by atoms with Gasteiger partial charge in [-0.1, -0.05) is 17.7 Å². The maximum absolute atomic E-state index is 13.2. The predicted octanol–water partition coefficient (Wildman–Crippen LogP) is 4.27. The zero-order valence-electron chi connectivity index (χ0n) is 12.3. The molecule has 0 aliphatic heterocycles. The van der Waals surface area contributed by atoms with Crippen LogP contribution in [0.25, 0.3) is 0 Å². The van der Waals surface area contributed by atoms with Gasteiger partial charge in [-0.05, 0) is 42.5 Å². The molecule has 0 fully saturated rings. The van der Waals surface area contributed by atoms with Crippen molar-refractivity contribution in [1.29, 1.82) is 0 Å². The summed E-state index contributed by atoms with van der Waals surface area (Å²) in [5, 5.41) is 6.21. The molecule has 0 saturated carbocycles. The highest BCUT2D eigenvalue weighted by molar-refractivity contribution is 6.30. The van der Waals surface area contributed by atoms with Crippen molar-refractivity contribution < 1.29 is 9.18 Å². The largest absolute Gasteiger partial charge is 0.340 e. The Bertz CT molecular complexity index is 870. The van der Waals surface area contributed by atoms with E-state index in [0.29, 0.717) is 22.2 Å². The van der Waals surface area contributed by atoms with Crippen molar-refractivity contribution in [3.8, 4) is 0 Å². The number of amides is 1.